The zero-order valence-corrected chi connectivity index (χ0v) is 13.6. The fourth-order valence-corrected chi connectivity index (χ4v) is 3.26. The van der Waals surface area contributed by atoms with Crippen molar-refractivity contribution in [1.82, 2.24) is 0 Å². The summed E-state index contributed by atoms with van der Waals surface area (Å²) >= 11 is 0. The van der Waals surface area contributed by atoms with Gasteiger partial charge in [-0.15, -0.1) is 0 Å². The van der Waals surface area contributed by atoms with Crippen molar-refractivity contribution in [2.24, 2.45) is 5.92 Å². The second-order valence-electron chi connectivity index (χ2n) is 5.12. The lowest BCUT2D eigenvalue weighted by Gasteiger charge is -2.16. The summed E-state index contributed by atoms with van der Waals surface area (Å²) in [5.74, 6) is -0.239. The molecule has 0 spiro atoms. The quantitative estimate of drug-likeness (QED) is 0.860. The van der Waals surface area contributed by atoms with Gasteiger partial charge in [0.2, 0.25) is 5.91 Å². The highest BCUT2D eigenvalue weighted by molar-refractivity contribution is 8.13. The largest absolute Gasteiger partial charge is 0.381 e. The van der Waals surface area contributed by atoms with Crippen LogP contribution in [-0.4, -0.2) is 27.5 Å². The minimum absolute atomic E-state index is 0.0562. The molecule has 116 valence electrons. The number of ether oxygens (including phenoxy) is 1. The van der Waals surface area contributed by atoms with E-state index in [1.807, 2.05) is 6.92 Å². The first kappa shape index (κ1) is 16.3. The van der Waals surface area contributed by atoms with Gasteiger partial charge in [0, 0.05) is 23.0 Å². The molecule has 2 rings (SSSR count). The molecule has 0 aromatic heterocycles. The van der Waals surface area contributed by atoms with Crippen LogP contribution in [0.5, 0.6) is 0 Å². The van der Waals surface area contributed by atoms with Crippen molar-refractivity contribution in [2.75, 3.05) is 18.5 Å². The summed E-state index contributed by atoms with van der Waals surface area (Å²) in [4.78, 5) is 12.2. The minimum Gasteiger partial charge on any atom is -0.381 e. The monoisotopic (exact) mass is 331 g/mol. The molecule has 1 saturated heterocycles. The Bertz CT molecular complexity index is 651. The van der Waals surface area contributed by atoms with Gasteiger partial charge in [-0.05, 0) is 43.0 Å². The van der Waals surface area contributed by atoms with Crippen LogP contribution in [0.2, 0.25) is 0 Å². The highest BCUT2D eigenvalue weighted by Crippen LogP contribution is 2.28. The second-order valence-corrected chi connectivity index (χ2v) is 7.68. The number of anilines is 1. The van der Waals surface area contributed by atoms with Gasteiger partial charge < -0.3 is 10.1 Å². The van der Waals surface area contributed by atoms with Gasteiger partial charge in [0.05, 0.1) is 17.4 Å². The first-order chi connectivity index (χ1) is 9.82. The third-order valence-electron chi connectivity index (χ3n) is 3.60. The maximum atomic E-state index is 12.2. The lowest BCUT2D eigenvalue weighted by molar-refractivity contribution is -0.119. The molecule has 0 aliphatic carbocycles. The Morgan fingerprint density at radius 2 is 2.19 bits per heavy atom. The Balaban J connectivity index is 2.32. The Morgan fingerprint density at radius 1 is 1.48 bits per heavy atom. The molecule has 0 saturated carbocycles. The van der Waals surface area contributed by atoms with Gasteiger partial charge in [0.1, 0.15) is 0 Å². The topological polar surface area (TPSA) is 72.5 Å². The van der Waals surface area contributed by atoms with E-state index in [4.69, 9.17) is 15.4 Å². The molecule has 1 amide bonds. The van der Waals surface area contributed by atoms with Gasteiger partial charge in [-0.2, -0.15) is 0 Å². The highest BCUT2D eigenvalue weighted by atomic mass is 35.7. The van der Waals surface area contributed by atoms with Crippen molar-refractivity contribution in [3.8, 4) is 0 Å². The van der Waals surface area contributed by atoms with Crippen LogP contribution in [0, 0.1) is 12.8 Å². The molecule has 1 aromatic rings. The zero-order chi connectivity index (χ0) is 15.6. The molecule has 1 heterocycles. The summed E-state index contributed by atoms with van der Waals surface area (Å²) < 4.78 is 28.1. The van der Waals surface area contributed by atoms with Crippen LogP contribution in [0.4, 0.5) is 5.69 Å². The van der Waals surface area contributed by atoms with E-state index in [1.54, 1.807) is 6.92 Å². The van der Waals surface area contributed by atoms with Crippen LogP contribution in [0.25, 0.3) is 0 Å². The maximum Gasteiger partial charge on any atom is 0.261 e. The predicted molar refractivity (Wildman–Crippen MR) is 81.2 cm³/mol. The number of carbonyl (C=O) groups is 1. The van der Waals surface area contributed by atoms with E-state index in [-0.39, 0.29) is 16.7 Å². The number of amides is 1. The summed E-state index contributed by atoms with van der Waals surface area (Å²) in [6, 6.07) is 2.98. The summed E-state index contributed by atoms with van der Waals surface area (Å²) in [6.07, 6.45) is 1.30. The van der Waals surface area contributed by atoms with E-state index in [2.05, 4.69) is 5.32 Å². The molecule has 1 atom stereocenters. The first-order valence-corrected chi connectivity index (χ1v) is 9.10. The third kappa shape index (κ3) is 3.75. The van der Waals surface area contributed by atoms with Crippen LogP contribution in [0.1, 0.15) is 24.5 Å². The minimum atomic E-state index is -3.78. The molecule has 1 unspecified atom stereocenters. The molecule has 1 aliphatic rings. The van der Waals surface area contributed by atoms with Crippen molar-refractivity contribution >= 4 is 31.3 Å². The van der Waals surface area contributed by atoms with E-state index in [0.29, 0.717) is 37.3 Å². The smallest absolute Gasteiger partial charge is 0.261 e. The Morgan fingerprint density at radius 3 is 2.71 bits per heavy atom. The molecule has 1 fully saturated rings. The summed E-state index contributed by atoms with van der Waals surface area (Å²) in [6.45, 7) is 4.68. The maximum absolute atomic E-state index is 12.2. The van der Waals surface area contributed by atoms with E-state index in [0.717, 1.165) is 5.56 Å². The third-order valence-corrected chi connectivity index (χ3v) is 4.94. The lowest BCUT2D eigenvalue weighted by atomic mass is 10.0. The molecular formula is C14H18ClNO4S. The fourth-order valence-electron chi connectivity index (χ4n) is 2.39. The fraction of sp³-hybridized carbons (Fsp3) is 0.500. The van der Waals surface area contributed by atoms with Crippen molar-refractivity contribution < 1.29 is 17.9 Å². The van der Waals surface area contributed by atoms with E-state index >= 15 is 0 Å². The normalized spacial score (nSPS) is 18.7. The molecule has 5 nitrogen and oxygen atoms in total. The number of rotatable bonds is 4. The SMILES string of the molecule is CCc1cc(S(=O)(=O)Cl)cc(C)c1NC(=O)C1CCOC1. The van der Waals surface area contributed by atoms with Crippen LogP contribution >= 0.6 is 10.7 Å². The van der Waals surface area contributed by atoms with Crippen LogP contribution in [-0.2, 0) is 25.0 Å². The number of benzene rings is 1. The molecule has 1 aliphatic heterocycles. The average molecular weight is 332 g/mol. The lowest BCUT2D eigenvalue weighted by Crippen LogP contribution is -2.24. The standard InChI is InChI=1S/C14H18ClNO4S/c1-3-10-7-12(21(15,18)19)6-9(2)13(10)16-14(17)11-4-5-20-8-11/h6-7,11H,3-5,8H2,1-2H3,(H,16,17). The number of carbonyl (C=O) groups excluding carboxylic acids is 1. The van der Waals surface area contributed by atoms with Crippen LogP contribution in [0.15, 0.2) is 17.0 Å². The number of hydrogen-bond donors (Lipinski definition) is 1. The van der Waals surface area contributed by atoms with Gasteiger partial charge >= 0.3 is 0 Å². The van der Waals surface area contributed by atoms with Crippen molar-refractivity contribution in [3.63, 3.8) is 0 Å². The van der Waals surface area contributed by atoms with Crippen molar-refractivity contribution in [2.45, 2.75) is 31.6 Å². The molecule has 0 radical (unpaired) electrons. The van der Waals surface area contributed by atoms with Crippen LogP contribution in [0.3, 0.4) is 0 Å². The Kier molecular flexibility index (Phi) is 4.91. The number of hydrogen-bond acceptors (Lipinski definition) is 4. The number of halogens is 1. The Labute approximate surface area is 129 Å². The molecule has 1 aromatic carbocycles. The van der Waals surface area contributed by atoms with Crippen molar-refractivity contribution in [1.29, 1.82) is 0 Å². The second kappa shape index (κ2) is 6.34. The number of aryl methyl sites for hydroxylation is 2. The average Bonchev–Trinajstić information content (AvgIpc) is 2.93. The first-order valence-electron chi connectivity index (χ1n) is 6.79. The predicted octanol–water partition coefficient (Wildman–Crippen LogP) is 2.46. The van der Waals surface area contributed by atoms with Gasteiger partial charge in [-0.3, -0.25) is 4.79 Å². The van der Waals surface area contributed by atoms with Gasteiger partial charge in [0.25, 0.3) is 9.05 Å². The van der Waals surface area contributed by atoms with Gasteiger partial charge in [-0.1, -0.05) is 6.92 Å². The zero-order valence-electron chi connectivity index (χ0n) is 12.0. The van der Waals surface area contributed by atoms with E-state index < -0.39 is 9.05 Å². The van der Waals surface area contributed by atoms with Crippen molar-refractivity contribution in [3.05, 3.63) is 23.3 Å². The summed E-state index contributed by atoms with van der Waals surface area (Å²) in [7, 11) is 1.61. The molecule has 0 bridgehead atoms. The van der Waals surface area contributed by atoms with Crippen LogP contribution < -0.4 is 5.32 Å². The molecule has 21 heavy (non-hydrogen) atoms. The summed E-state index contributed by atoms with van der Waals surface area (Å²) in [5, 5.41) is 2.89. The summed E-state index contributed by atoms with van der Waals surface area (Å²) in [5.41, 5.74) is 2.10. The van der Waals surface area contributed by atoms with E-state index in [9.17, 15) is 13.2 Å². The van der Waals surface area contributed by atoms with E-state index in [1.165, 1.54) is 12.1 Å². The molecule has 1 N–H and O–H groups in total. The highest BCUT2D eigenvalue weighted by Gasteiger charge is 2.25. The molecule has 7 heteroatoms. The molecular weight excluding hydrogens is 314 g/mol. The Hall–Kier alpha value is -1.11. The number of nitrogens with one attached hydrogen (secondary N) is 1. The van der Waals surface area contributed by atoms with Gasteiger partial charge in [0.15, 0.2) is 0 Å². The van der Waals surface area contributed by atoms with Gasteiger partial charge in [-0.25, -0.2) is 8.42 Å².